The van der Waals surface area contributed by atoms with Gasteiger partial charge in [0.2, 0.25) is 5.91 Å². The molecule has 0 saturated carbocycles. The number of carbonyl (C=O) groups excluding carboxylic acids is 1. The third-order valence-electron chi connectivity index (χ3n) is 2.24. The Kier molecular flexibility index (Phi) is 4.75. The van der Waals surface area contributed by atoms with Gasteiger partial charge in [0.25, 0.3) is 0 Å². The third kappa shape index (κ3) is 3.82. The molecule has 2 aromatic rings. The highest BCUT2D eigenvalue weighted by molar-refractivity contribution is 8.00. The number of thioether (sulfide) groups is 1. The zero-order valence-corrected chi connectivity index (χ0v) is 11.7. The van der Waals surface area contributed by atoms with Crippen molar-refractivity contribution < 1.29 is 9.18 Å². The van der Waals surface area contributed by atoms with Crippen LogP contribution in [0.25, 0.3) is 0 Å². The maximum Gasteiger partial charge on any atom is 0.234 e. The van der Waals surface area contributed by atoms with Gasteiger partial charge in [-0.15, -0.1) is 0 Å². The summed E-state index contributed by atoms with van der Waals surface area (Å²) >= 11 is 6.75. The van der Waals surface area contributed by atoms with Gasteiger partial charge in [-0.3, -0.25) is 4.79 Å². The fourth-order valence-corrected chi connectivity index (χ4v) is 2.19. The van der Waals surface area contributed by atoms with Crippen molar-refractivity contribution in [1.82, 2.24) is 9.97 Å². The first-order chi connectivity index (χ1) is 9.56. The smallest absolute Gasteiger partial charge is 0.234 e. The monoisotopic (exact) mass is 312 g/mol. The predicted octanol–water partition coefficient (Wildman–Crippen LogP) is 2.58. The van der Waals surface area contributed by atoms with E-state index in [1.165, 1.54) is 24.5 Å². The predicted molar refractivity (Wildman–Crippen MR) is 77.2 cm³/mol. The van der Waals surface area contributed by atoms with Crippen molar-refractivity contribution in [3.8, 4) is 0 Å². The fraction of sp³-hybridized carbons (Fsp3) is 0.0833. The molecule has 1 aromatic carbocycles. The normalized spacial score (nSPS) is 10.3. The van der Waals surface area contributed by atoms with E-state index in [0.29, 0.717) is 5.03 Å². The van der Waals surface area contributed by atoms with Crippen molar-refractivity contribution >= 4 is 40.8 Å². The maximum absolute atomic E-state index is 13.5. The van der Waals surface area contributed by atoms with Gasteiger partial charge in [-0.1, -0.05) is 23.4 Å². The number of halogens is 2. The molecule has 1 heterocycles. The Labute approximate surface area is 123 Å². The van der Waals surface area contributed by atoms with E-state index in [4.69, 9.17) is 17.3 Å². The fourth-order valence-electron chi connectivity index (χ4n) is 1.36. The molecule has 0 radical (unpaired) electrons. The minimum absolute atomic E-state index is 0.0466. The molecule has 0 aliphatic heterocycles. The average molecular weight is 313 g/mol. The van der Waals surface area contributed by atoms with Crippen LogP contribution in [0.2, 0.25) is 5.02 Å². The van der Waals surface area contributed by atoms with Gasteiger partial charge in [0.1, 0.15) is 10.8 Å². The van der Waals surface area contributed by atoms with Gasteiger partial charge in [0.05, 0.1) is 11.4 Å². The van der Waals surface area contributed by atoms with Crippen LogP contribution in [0.3, 0.4) is 0 Å². The number of rotatable bonds is 4. The second-order valence-corrected chi connectivity index (χ2v) is 5.11. The molecule has 0 saturated heterocycles. The van der Waals surface area contributed by atoms with Crippen LogP contribution < -0.4 is 11.1 Å². The van der Waals surface area contributed by atoms with E-state index < -0.39 is 5.82 Å². The second-order valence-electron chi connectivity index (χ2n) is 3.71. The summed E-state index contributed by atoms with van der Waals surface area (Å²) < 4.78 is 13.5. The molecule has 0 bridgehead atoms. The molecule has 0 aliphatic rings. The van der Waals surface area contributed by atoms with Gasteiger partial charge in [0, 0.05) is 17.4 Å². The summed E-state index contributed by atoms with van der Waals surface area (Å²) in [6.07, 6.45) is 2.94. The quantitative estimate of drug-likeness (QED) is 0.848. The van der Waals surface area contributed by atoms with E-state index in [0.717, 1.165) is 17.8 Å². The molecule has 8 heteroatoms. The van der Waals surface area contributed by atoms with E-state index in [2.05, 4.69) is 15.3 Å². The number of nitrogens with one attached hydrogen (secondary N) is 1. The van der Waals surface area contributed by atoms with E-state index in [9.17, 15) is 9.18 Å². The molecule has 2 rings (SSSR count). The number of amides is 1. The lowest BCUT2D eigenvalue weighted by atomic mass is 10.3. The van der Waals surface area contributed by atoms with E-state index in [1.54, 1.807) is 0 Å². The highest BCUT2D eigenvalue weighted by Gasteiger charge is 2.10. The first kappa shape index (κ1) is 14.5. The number of carbonyl (C=O) groups is 1. The Morgan fingerprint density at radius 2 is 2.15 bits per heavy atom. The summed E-state index contributed by atoms with van der Waals surface area (Å²) in [5.74, 6) is -0.663. The van der Waals surface area contributed by atoms with Gasteiger partial charge < -0.3 is 11.1 Å². The molecule has 0 fully saturated rings. The number of nitrogens with two attached hydrogens (primary N) is 1. The van der Waals surface area contributed by atoms with Gasteiger partial charge in [-0.05, 0) is 18.2 Å². The van der Waals surface area contributed by atoms with Crippen LogP contribution in [-0.2, 0) is 4.79 Å². The van der Waals surface area contributed by atoms with E-state index in [1.807, 2.05) is 0 Å². The molecule has 0 unspecified atom stereocenters. The average Bonchev–Trinajstić information content (AvgIpc) is 2.41. The van der Waals surface area contributed by atoms with Crippen molar-refractivity contribution in [2.75, 3.05) is 16.8 Å². The summed E-state index contributed by atoms with van der Waals surface area (Å²) in [5, 5.41) is 3.17. The lowest BCUT2D eigenvalue weighted by Crippen LogP contribution is -2.15. The van der Waals surface area contributed by atoms with Crippen LogP contribution in [-0.4, -0.2) is 21.6 Å². The molecule has 20 heavy (non-hydrogen) atoms. The summed E-state index contributed by atoms with van der Waals surface area (Å²) in [6, 6.07) is 4.02. The lowest BCUT2D eigenvalue weighted by molar-refractivity contribution is -0.113. The van der Waals surface area contributed by atoms with E-state index >= 15 is 0 Å². The summed E-state index contributed by atoms with van der Waals surface area (Å²) in [4.78, 5) is 19.6. The molecule has 0 atom stereocenters. The Morgan fingerprint density at radius 3 is 2.85 bits per heavy atom. The summed E-state index contributed by atoms with van der Waals surface area (Å²) in [5.41, 5.74) is 5.68. The van der Waals surface area contributed by atoms with Crippen LogP contribution in [0, 0.1) is 5.82 Å². The number of hydrogen-bond donors (Lipinski definition) is 2. The Morgan fingerprint density at radius 1 is 1.40 bits per heavy atom. The highest BCUT2D eigenvalue weighted by Crippen LogP contribution is 2.21. The number of aromatic nitrogens is 2. The van der Waals surface area contributed by atoms with Crippen molar-refractivity contribution in [1.29, 1.82) is 0 Å². The second kappa shape index (κ2) is 6.53. The molecule has 3 N–H and O–H groups in total. The number of nitrogens with zero attached hydrogens (tertiary/aromatic N) is 2. The Bertz CT molecular complexity index is 641. The van der Waals surface area contributed by atoms with Crippen LogP contribution in [0.5, 0.6) is 0 Å². The van der Waals surface area contributed by atoms with Gasteiger partial charge in [-0.2, -0.15) is 0 Å². The molecule has 104 valence electrons. The molecule has 1 amide bonds. The van der Waals surface area contributed by atoms with Crippen molar-refractivity contribution in [3.63, 3.8) is 0 Å². The number of benzene rings is 1. The standard InChI is InChI=1S/C12H10ClFN4OS/c13-7-1-2-9(8(14)5-7)18-10(19)6-20-12-11(15)16-3-4-17-12/h1-5H,6H2,(H2,15,16)(H,18,19). The zero-order chi connectivity index (χ0) is 14.5. The summed E-state index contributed by atoms with van der Waals surface area (Å²) in [7, 11) is 0. The lowest BCUT2D eigenvalue weighted by Gasteiger charge is -2.06. The van der Waals surface area contributed by atoms with Gasteiger partial charge in [-0.25, -0.2) is 14.4 Å². The topological polar surface area (TPSA) is 80.9 Å². The first-order valence-electron chi connectivity index (χ1n) is 5.50. The molecule has 1 aromatic heterocycles. The Balaban J connectivity index is 1.94. The molecule has 0 aliphatic carbocycles. The largest absolute Gasteiger partial charge is 0.381 e. The van der Waals surface area contributed by atoms with Crippen LogP contribution in [0.4, 0.5) is 15.9 Å². The Hall–Kier alpha value is -1.86. The zero-order valence-electron chi connectivity index (χ0n) is 10.1. The third-order valence-corrected chi connectivity index (χ3v) is 3.47. The molecular weight excluding hydrogens is 303 g/mol. The first-order valence-corrected chi connectivity index (χ1v) is 6.87. The number of hydrogen-bond acceptors (Lipinski definition) is 5. The molecule has 0 spiro atoms. The number of nitrogen functional groups attached to an aromatic ring is 1. The molecular formula is C12H10ClFN4OS. The van der Waals surface area contributed by atoms with Crippen molar-refractivity contribution in [3.05, 3.63) is 41.4 Å². The SMILES string of the molecule is Nc1nccnc1SCC(=O)Nc1ccc(Cl)cc1F. The van der Waals surface area contributed by atoms with Crippen molar-refractivity contribution in [2.45, 2.75) is 5.03 Å². The summed E-state index contributed by atoms with van der Waals surface area (Å²) in [6.45, 7) is 0. The minimum Gasteiger partial charge on any atom is -0.381 e. The number of anilines is 2. The molecule has 5 nitrogen and oxygen atoms in total. The van der Waals surface area contributed by atoms with Crippen LogP contribution in [0.1, 0.15) is 0 Å². The highest BCUT2D eigenvalue weighted by atomic mass is 35.5. The van der Waals surface area contributed by atoms with Crippen molar-refractivity contribution in [2.24, 2.45) is 0 Å². The van der Waals surface area contributed by atoms with Crippen LogP contribution in [0.15, 0.2) is 35.6 Å². The van der Waals surface area contributed by atoms with Gasteiger partial charge in [0.15, 0.2) is 5.82 Å². The maximum atomic E-state index is 13.5. The van der Waals surface area contributed by atoms with Crippen LogP contribution >= 0.6 is 23.4 Å². The van der Waals surface area contributed by atoms with E-state index in [-0.39, 0.29) is 28.2 Å². The van der Waals surface area contributed by atoms with Gasteiger partial charge >= 0.3 is 0 Å². The minimum atomic E-state index is -0.588.